The smallest absolute Gasteiger partial charge is 0.410 e. The molecule has 0 bridgehead atoms. The summed E-state index contributed by atoms with van der Waals surface area (Å²) in [6.45, 7) is 3.40. The number of benzene rings is 2. The van der Waals surface area contributed by atoms with Gasteiger partial charge in [-0.2, -0.15) is 0 Å². The number of carbonyl (C=O) groups is 4. The molecule has 9 heteroatoms. The lowest BCUT2D eigenvalue weighted by molar-refractivity contribution is -0.144. The fraction of sp³-hybridized carbons (Fsp3) is 0.357. The maximum Gasteiger partial charge on any atom is 0.410 e. The first-order chi connectivity index (χ1) is 17.7. The van der Waals surface area contributed by atoms with Crippen molar-refractivity contribution in [3.8, 4) is 11.1 Å². The van der Waals surface area contributed by atoms with E-state index in [0.29, 0.717) is 6.42 Å². The lowest BCUT2D eigenvalue weighted by Gasteiger charge is -2.29. The van der Waals surface area contributed by atoms with E-state index in [2.05, 4.69) is 5.32 Å². The zero-order chi connectivity index (χ0) is 26.7. The van der Waals surface area contributed by atoms with Crippen molar-refractivity contribution in [3.05, 3.63) is 71.4 Å². The molecule has 9 nitrogen and oxygen atoms in total. The molecule has 1 aliphatic heterocycles. The maximum absolute atomic E-state index is 13.0. The third-order valence-electron chi connectivity index (χ3n) is 7.08. The van der Waals surface area contributed by atoms with Crippen molar-refractivity contribution in [2.24, 2.45) is 11.7 Å². The van der Waals surface area contributed by atoms with Gasteiger partial charge in [-0.05, 0) is 28.2 Å². The van der Waals surface area contributed by atoms with Crippen molar-refractivity contribution in [1.29, 1.82) is 0 Å². The fourth-order valence-electron chi connectivity index (χ4n) is 4.80. The van der Waals surface area contributed by atoms with Crippen LogP contribution in [-0.2, 0) is 19.1 Å². The second-order valence-corrected chi connectivity index (χ2v) is 9.53. The van der Waals surface area contributed by atoms with Crippen molar-refractivity contribution >= 4 is 23.6 Å². The third-order valence-corrected chi connectivity index (χ3v) is 7.08. The van der Waals surface area contributed by atoms with Gasteiger partial charge in [0, 0.05) is 17.7 Å². The van der Waals surface area contributed by atoms with Gasteiger partial charge in [0.25, 0.3) is 0 Å². The van der Waals surface area contributed by atoms with Gasteiger partial charge in [0.1, 0.15) is 6.61 Å². The fourth-order valence-corrected chi connectivity index (χ4v) is 4.80. The number of Topliss-reactive ketones (excluding diaryl/α,β-unsaturated/α-hetero) is 1. The second kappa shape index (κ2) is 11.0. The zero-order valence-corrected chi connectivity index (χ0v) is 20.8. The van der Waals surface area contributed by atoms with Crippen LogP contribution in [0.5, 0.6) is 0 Å². The summed E-state index contributed by atoms with van der Waals surface area (Å²) in [7, 11) is 0. The van der Waals surface area contributed by atoms with Gasteiger partial charge >= 0.3 is 12.1 Å². The summed E-state index contributed by atoms with van der Waals surface area (Å²) in [4.78, 5) is 51.0. The summed E-state index contributed by atoms with van der Waals surface area (Å²) in [5.74, 6) is -2.86. The van der Waals surface area contributed by atoms with Crippen LogP contribution in [0.1, 0.15) is 37.3 Å². The van der Waals surface area contributed by atoms with Gasteiger partial charge in [-0.25, -0.2) is 9.59 Å². The number of nitrogens with two attached hydrogens (primary N) is 1. The predicted octanol–water partition coefficient (Wildman–Crippen LogP) is 2.69. The molecule has 194 valence electrons. The SMILES string of the molecule is CC[C@H](C)[C@H](N)C(=O)[C@H](NC1=CC(=O)CN(C(=O)OCC2c3ccccc3-c3ccccc32)C1)C(=O)O. The molecule has 1 amide bonds. The highest BCUT2D eigenvalue weighted by molar-refractivity contribution is 6.05. The first kappa shape index (κ1) is 26.1. The molecule has 2 aromatic rings. The summed E-state index contributed by atoms with van der Waals surface area (Å²) in [6.07, 6.45) is 1.12. The minimum absolute atomic E-state index is 0.0873. The van der Waals surface area contributed by atoms with E-state index in [9.17, 15) is 24.3 Å². The van der Waals surface area contributed by atoms with Gasteiger partial charge < -0.3 is 20.9 Å². The van der Waals surface area contributed by atoms with Crippen LogP contribution >= 0.6 is 0 Å². The molecule has 3 atom stereocenters. The molecule has 1 aliphatic carbocycles. The summed E-state index contributed by atoms with van der Waals surface area (Å²) >= 11 is 0. The Morgan fingerprint density at radius 2 is 1.68 bits per heavy atom. The molecule has 1 heterocycles. The number of nitrogens with zero attached hydrogens (tertiary/aromatic N) is 1. The van der Waals surface area contributed by atoms with Gasteiger partial charge in [0.2, 0.25) is 0 Å². The Balaban J connectivity index is 1.43. The predicted molar refractivity (Wildman–Crippen MR) is 137 cm³/mol. The molecule has 0 radical (unpaired) electrons. The van der Waals surface area contributed by atoms with Crippen LogP contribution in [0.15, 0.2) is 60.3 Å². The first-order valence-corrected chi connectivity index (χ1v) is 12.3. The molecule has 0 unspecified atom stereocenters. The number of aliphatic carboxylic acids is 1. The monoisotopic (exact) mass is 505 g/mol. The van der Waals surface area contributed by atoms with Gasteiger partial charge in [-0.15, -0.1) is 0 Å². The Hall–Kier alpha value is -3.98. The van der Waals surface area contributed by atoms with Crippen molar-refractivity contribution in [1.82, 2.24) is 10.2 Å². The average molecular weight is 506 g/mol. The van der Waals surface area contributed by atoms with E-state index in [1.54, 1.807) is 6.92 Å². The second-order valence-electron chi connectivity index (χ2n) is 9.53. The minimum atomic E-state index is -1.63. The molecule has 4 N–H and O–H groups in total. The molecule has 2 aliphatic rings. The lowest BCUT2D eigenvalue weighted by Crippen LogP contribution is -2.54. The van der Waals surface area contributed by atoms with E-state index in [1.807, 2.05) is 55.5 Å². The normalized spacial score (nSPS) is 17.2. The Morgan fingerprint density at radius 3 is 2.24 bits per heavy atom. The average Bonchev–Trinajstić information content (AvgIpc) is 3.22. The number of rotatable bonds is 9. The first-order valence-electron chi connectivity index (χ1n) is 12.3. The highest BCUT2D eigenvalue weighted by Gasteiger charge is 2.35. The van der Waals surface area contributed by atoms with Crippen LogP contribution in [0, 0.1) is 5.92 Å². The Labute approximate surface area is 215 Å². The van der Waals surface area contributed by atoms with Gasteiger partial charge in [-0.3, -0.25) is 14.5 Å². The van der Waals surface area contributed by atoms with E-state index < -0.39 is 35.7 Å². The van der Waals surface area contributed by atoms with E-state index in [1.165, 1.54) is 11.0 Å². The van der Waals surface area contributed by atoms with Crippen molar-refractivity contribution in [3.63, 3.8) is 0 Å². The molecular weight excluding hydrogens is 474 g/mol. The van der Waals surface area contributed by atoms with Crippen LogP contribution in [-0.4, -0.2) is 65.4 Å². The molecule has 0 aromatic heterocycles. The van der Waals surface area contributed by atoms with E-state index >= 15 is 0 Å². The molecule has 0 saturated carbocycles. The largest absolute Gasteiger partial charge is 0.479 e. The molecule has 0 spiro atoms. The van der Waals surface area contributed by atoms with Crippen LogP contribution in [0.4, 0.5) is 4.79 Å². The maximum atomic E-state index is 13.0. The van der Waals surface area contributed by atoms with Crippen LogP contribution in [0.2, 0.25) is 0 Å². The summed E-state index contributed by atoms with van der Waals surface area (Å²) < 4.78 is 5.64. The minimum Gasteiger partial charge on any atom is -0.479 e. The number of carbonyl (C=O) groups excluding carboxylic acids is 3. The number of hydrogen-bond donors (Lipinski definition) is 3. The van der Waals surface area contributed by atoms with Crippen LogP contribution in [0.25, 0.3) is 11.1 Å². The molecule has 4 rings (SSSR count). The van der Waals surface area contributed by atoms with Crippen molar-refractivity contribution < 1.29 is 29.0 Å². The molecule has 0 saturated heterocycles. The standard InChI is InChI=1S/C28H31N3O6/c1-3-16(2)24(29)26(33)25(27(34)35)30-17-12-18(32)14-31(13-17)28(36)37-15-23-21-10-6-4-8-19(21)20-9-5-7-11-22(20)23/h4-12,16,23-25,30H,3,13-15,29H2,1-2H3,(H,34,35)/t16-,24-,25-/m0/s1. The number of fused-ring (bicyclic) bond motifs is 3. The van der Waals surface area contributed by atoms with Crippen LogP contribution in [0.3, 0.4) is 0 Å². The van der Waals surface area contributed by atoms with Gasteiger partial charge in [-0.1, -0.05) is 68.8 Å². The topological polar surface area (TPSA) is 139 Å². The van der Waals surface area contributed by atoms with E-state index in [4.69, 9.17) is 10.5 Å². The number of carboxylic acid groups (broad SMARTS) is 1. The summed E-state index contributed by atoms with van der Waals surface area (Å²) in [5, 5.41) is 12.2. The van der Waals surface area contributed by atoms with Gasteiger partial charge in [0.15, 0.2) is 17.6 Å². The Bertz CT molecular complexity index is 1210. The van der Waals surface area contributed by atoms with Gasteiger partial charge in [0.05, 0.1) is 19.1 Å². The number of nitrogens with one attached hydrogen (secondary N) is 1. The summed E-state index contributed by atoms with van der Waals surface area (Å²) in [6, 6.07) is 13.3. The number of ketones is 2. The zero-order valence-electron chi connectivity index (χ0n) is 20.8. The Morgan fingerprint density at radius 1 is 1.08 bits per heavy atom. The molecule has 37 heavy (non-hydrogen) atoms. The highest BCUT2D eigenvalue weighted by atomic mass is 16.6. The van der Waals surface area contributed by atoms with Crippen molar-refractivity contribution in [2.75, 3.05) is 19.7 Å². The molecule has 0 fully saturated rings. The quantitative estimate of drug-likeness (QED) is 0.442. The number of ether oxygens (including phenoxy) is 1. The lowest BCUT2D eigenvalue weighted by atomic mass is 9.92. The molecular formula is C28H31N3O6. The van der Waals surface area contributed by atoms with E-state index in [0.717, 1.165) is 22.3 Å². The molecule has 2 aromatic carbocycles. The summed E-state index contributed by atoms with van der Waals surface area (Å²) in [5.41, 5.74) is 10.4. The number of carboxylic acids is 1. The number of amides is 1. The third kappa shape index (κ3) is 5.41. The highest BCUT2D eigenvalue weighted by Crippen LogP contribution is 2.44. The Kier molecular flexibility index (Phi) is 7.73. The number of hydrogen-bond acceptors (Lipinski definition) is 7. The van der Waals surface area contributed by atoms with Crippen molar-refractivity contribution in [2.45, 2.75) is 38.3 Å². The van der Waals surface area contributed by atoms with E-state index in [-0.39, 0.29) is 37.2 Å². The van der Waals surface area contributed by atoms with Crippen LogP contribution < -0.4 is 11.1 Å².